The van der Waals surface area contributed by atoms with Crippen LogP contribution >= 0.6 is 0 Å². The average Bonchev–Trinajstić information content (AvgIpc) is 2.87. The second-order valence-electron chi connectivity index (χ2n) is 5.21. The Morgan fingerprint density at radius 1 is 1.16 bits per heavy atom. The van der Waals surface area contributed by atoms with Crippen molar-refractivity contribution in [3.63, 3.8) is 0 Å². The van der Waals surface area contributed by atoms with E-state index in [1.165, 1.54) is 26.5 Å². The number of anilines is 1. The van der Waals surface area contributed by atoms with Gasteiger partial charge in [0.2, 0.25) is 5.91 Å². The fourth-order valence-electron chi connectivity index (χ4n) is 2.49. The molecule has 8 heteroatoms. The van der Waals surface area contributed by atoms with Gasteiger partial charge in [0, 0.05) is 12.3 Å². The van der Waals surface area contributed by atoms with Gasteiger partial charge in [0.1, 0.15) is 23.7 Å². The van der Waals surface area contributed by atoms with Crippen molar-refractivity contribution < 1.29 is 23.9 Å². The first-order valence-corrected chi connectivity index (χ1v) is 7.38. The maximum atomic E-state index is 12.3. The highest BCUT2D eigenvalue weighted by Gasteiger charge is 2.37. The molecule has 3 amide bonds. The maximum Gasteiger partial charge on any atom is 0.280 e. The van der Waals surface area contributed by atoms with Crippen molar-refractivity contribution in [1.29, 1.82) is 0 Å². The van der Waals surface area contributed by atoms with Gasteiger partial charge in [0.15, 0.2) is 0 Å². The standard InChI is InChI=1S/C17H15N3O5/c1-24-10-5-6-12(13(8-10)25-2)19-14(21)9-20-16(22)11-4-3-7-18-15(11)17(20)23/h3-8H,9H2,1-2H3,(H,19,21). The molecular weight excluding hydrogens is 326 g/mol. The zero-order chi connectivity index (χ0) is 18.0. The molecule has 2 heterocycles. The molecule has 0 fully saturated rings. The van der Waals surface area contributed by atoms with Crippen LogP contribution in [0.3, 0.4) is 0 Å². The number of imide groups is 1. The van der Waals surface area contributed by atoms with Gasteiger partial charge >= 0.3 is 0 Å². The van der Waals surface area contributed by atoms with E-state index in [1.807, 2.05) is 0 Å². The van der Waals surface area contributed by atoms with Crippen molar-refractivity contribution in [3.8, 4) is 11.5 Å². The number of carbonyl (C=O) groups is 3. The van der Waals surface area contributed by atoms with E-state index in [4.69, 9.17) is 9.47 Å². The minimum Gasteiger partial charge on any atom is -0.497 e. The van der Waals surface area contributed by atoms with Crippen molar-refractivity contribution in [1.82, 2.24) is 9.88 Å². The Bertz CT molecular complexity index is 830. The third kappa shape index (κ3) is 3.01. The van der Waals surface area contributed by atoms with E-state index in [0.29, 0.717) is 17.2 Å². The number of rotatable bonds is 5. The third-order valence-corrected chi connectivity index (χ3v) is 3.72. The van der Waals surface area contributed by atoms with Gasteiger partial charge in [-0.3, -0.25) is 24.3 Å². The number of fused-ring (bicyclic) bond motifs is 1. The quantitative estimate of drug-likeness (QED) is 0.824. The predicted molar refractivity (Wildman–Crippen MR) is 87.8 cm³/mol. The van der Waals surface area contributed by atoms with Crippen molar-refractivity contribution >= 4 is 23.4 Å². The predicted octanol–water partition coefficient (Wildman–Crippen LogP) is 1.33. The Morgan fingerprint density at radius 3 is 2.64 bits per heavy atom. The van der Waals surface area contributed by atoms with Gasteiger partial charge < -0.3 is 14.8 Å². The first-order chi connectivity index (χ1) is 12.0. The Hall–Kier alpha value is -3.42. The first kappa shape index (κ1) is 16.4. The largest absolute Gasteiger partial charge is 0.497 e. The number of nitrogens with one attached hydrogen (secondary N) is 1. The summed E-state index contributed by atoms with van der Waals surface area (Å²) in [5, 5.41) is 2.62. The lowest BCUT2D eigenvalue weighted by atomic mass is 10.2. The lowest BCUT2D eigenvalue weighted by molar-refractivity contribution is -0.116. The summed E-state index contributed by atoms with van der Waals surface area (Å²) in [5.41, 5.74) is 0.660. The Kier molecular flexibility index (Phi) is 4.34. The molecule has 128 valence electrons. The molecule has 0 bridgehead atoms. The van der Waals surface area contributed by atoms with Crippen LogP contribution in [-0.2, 0) is 4.79 Å². The molecule has 1 aromatic carbocycles. The molecule has 1 N–H and O–H groups in total. The van der Waals surface area contributed by atoms with E-state index in [2.05, 4.69) is 10.3 Å². The number of hydrogen-bond donors (Lipinski definition) is 1. The highest BCUT2D eigenvalue weighted by molar-refractivity contribution is 6.21. The van der Waals surface area contributed by atoms with E-state index >= 15 is 0 Å². The van der Waals surface area contributed by atoms with Gasteiger partial charge in [-0.05, 0) is 24.3 Å². The number of amides is 3. The van der Waals surface area contributed by atoms with Gasteiger partial charge in [-0.2, -0.15) is 0 Å². The van der Waals surface area contributed by atoms with Crippen molar-refractivity contribution in [2.24, 2.45) is 0 Å². The number of benzene rings is 1. The van der Waals surface area contributed by atoms with Gasteiger partial charge in [0.05, 0.1) is 25.5 Å². The Labute approximate surface area is 143 Å². The number of carbonyl (C=O) groups excluding carboxylic acids is 3. The monoisotopic (exact) mass is 341 g/mol. The van der Waals surface area contributed by atoms with E-state index in [0.717, 1.165) is 4.90 Å². The molecule has 1 aliphatic heterocycles. The molecule has 0 spiro atoms. The molecule has 0 aliphatic carbocycles. The molecule has 8 nitrogen and oxygen atoms in total. The number of hydrogen-bond acceptors (Lipinski definition) is 6. The zero-order valence-corrected chi connectivity index (χ0v) is 13.6. The summed E-state index contributed by atoms with van der Waals surface area (Å²) in [7, 11) is 2.98. The van der Waals surface area contributed by atoms with E-state index in [-0.39, 0.29) is 11.3 Å². The fourth-order valence-corrected chi connectivity index (χ4v) is 2.49. The topological polar surface area (TPSA) is 97.8 Å². The average molecular weight is 341 g/mol. The number of ether oxygens (including phenoxy) is 2. The second-order valence-corrected chi connectivity index (χ2v) is 5.21. The third-order valence-electron chi connectivity index (χ3n) is 3.72. The van der Waals surface area contributed by atoms with Crippen LogP contribution in [0.1, 0.15) is 20.8 Å². The Morgan fingerprint density at radius 2 is 1.96 bits per heavy atom. The van der Waals surface area contributed by atoms with Gasteiger partial charge in [-0.15, -0.1) is 0 Å². The molecule has 0 unspecified atom stereocenters. The first-order valence-electron chi connectivity index (χ1n) is 7.38. The number of methoxy groups -OCH3 is 2. The lowest BCUT2D eigenvalue weighted by Gasteiger charge is -2.15. The zero-order valence-electron chi connectivity index (χ0n) is 13.6. The number of pyridine rings is 1. The molecule has 0 saturated heterocycles. The van der Waals surface area contributed by atoms with Gasteiger partial charge in [0.25, 0.3) is 11.8 Å². The maximum absolute atomic E-state index is 12.3. The van der Waals surface area contributed by atoms with Crippen molar-refractivity contribution in [3.05, 3.63) is 47.8 Å². The van der Waals surface area contributed by atoms with Gasteiger partial charge in [-0.25, -0.2) is 0 Å². The molecule has 0 radical (unpaired) electrons. The highest BCUT2D eigenvalue weighted by Crippen LogP contribution is 2.29. The van der Waals surface area contributed by atoms with Crippen molar-refractivity contribution in [2.75, 3.05) is 26.1 Å². The molecule has 1 aliphatic rings. The summed E-state index contributed by atoms with van der Waals surface area (Å²) < 4.78 is 10.3. The molecule has 0 saturated carbocycles. The SMILES string of the molecule is COc1ccc(NC(=O)CN2C(=O)c3cccnc3C2=O)c(OC)c1. The van der Waals surface area contributed by atoms with Crippen LogP contribution in [-0.4, -0.2) is 48.4 Å². The van der Waals surface area contributed by atoms with Gasteiger partial charge in [-0.1, -0.05) is 0 Å². The minimum absolute atomic E-state index is 0.0577. The molecule has 2 aromatic rings. The Balaban J connectivity index is 1.74. The normalized spacial score (nSPS) is 12.8. The van der Waals surface area contributed by atoms with Crippen LogP contribution in [0.15, 0.2) is 36.5 Å². The molecular formula is C17H15N3O5. The summed E-state index contributed by atoms with van der Waals surface area (Å²) in [6.07, 6.45) is 1.43. The lowest BCUT2D eigenvalue weighted by Crippen LogP contribution is -2.37. The van der Waals surface area contributed by atoms with Crippen molar-refractivity contribution in [2.45, 2.75) is 0 Å². The highest BCUT2D eigenvalue weighted by atomic mass is 16.5. The van der Waals surface area contributed by atoms with E-state index in [9.17, 15) is 14.4 Å². The summed E-state index contributed by atoms with van der Waals surface area (Å²) in [5.74, 6) is -0.682. The second kappa shape index (κ2) is 6.60. The summed E-state index contributed by atoms with van der Waals surface area (Å²) in [4.78, 5) is 41.5. The van der Waals surface area contributed by atoms with E-state index in [1.54, 1.807) is 24.3 Å². The van der Waals surface area contributed by atoms with Crippen LogP contribution in [0.5, 0.6) is 11.5 Å². The van der Waals surface area contributed by atoms with E-state index < -0.39 is 24.3 Å². The minimum atomic E-state index is -0.586. The summed E-state index contributed by atoms with van der Waals surface area (Å²) in [6.45, 7) is -0.413. The fraction of sp³-hybridized carbons (Fsp3) is 0.176. The molecule has 0 atom stereocenters. The summed E-state index contributed by atoms with van der Waals surface area (Å²) >= 11 is 0. The van der Waals surface area contributed by atoms with Crippen LogP contribution in [0.4, 0.5) is 5.69 Å². The summed E-state index contributed by atoms with van der Waals surface area (Å²) in [6, 6.07) is 7.95. The molecule has 25 heavy (non-hydrogen) atoms. The number of aromatic nitrogens is 1. The molecule has 3 rings (SSSR count). The smallest absolute Gasteiger partial charge is 0.280 e. The van der Waals surface area contributed by atoms with Crippen LogP contribution in [0.25, 0.3) is 0 Å². The van der Waals surface area contributed by atoms with Crippen LogP contribution < -0.4 is 14.8 Å². The van der Waals surface area contributed by atoms with Crippen LogP contribution in [0, 0.1) is 0 Å². The molecule has 1 aromatic heterocycles. The number of nitrogens with zero attached hydrogens (tertiary/aromatic N) is 2. The van der Waals surface area contributed by atoms with Crippen LogP contribution in [0.2, 0.25) is 0 Å².